The summed E-state index contributed by atoms with van der Waals surface area (Å²) in [5.41, 5.74) is 1.23. The van der Waals surface area contributed by atoms with Crippen molar-refractivity contribution in [3.8, 4) is 18.1 Å². The van der Waals surface area contributed by atoms with Crippen LogP contribution in [0.3, 0.4) is 0 Å². The van der Waals surface area contributed by atoms with Crippen LogP contribution in [0.15, 0.2) is 30.3 Å². The average molecular weight is 291 g/mol. The first-order valence-electron chi connectivity index (χ1n) is 6.57. The number of carbonyl (C=O) groups excluding carboxylic acids is 1. The summed E-state index contributed by atoms with van der Waals surface area (Å²) in [6, 6.07) is 6.86. The van der Waals surface area contributed by atoms with Gasteiger partial charge in [0.1, 0.15) is 12.4 Å². The molecule has 1 heterocycles. The summed E-state index contributed by atoms with van der Waals surface area (Å²) < 4.78 is 30.5. The van der Waals surface area contributed by atoms with Crippen molar-refractivity contribution < 1.29 is 18.3 Å². The number of halogens is 2. The van der Waals surface area contributed by atoms with Crippen LogP contribution in [0.4, 0.5) is 8.78 Å². The highest BCUT2D eigenvalue weighted by Crippen LogP contribution is 2.27. The number of carbonyl (C=O) groups is 1. The van der Waals surface area contributed by atoms with Crippen LogP contribution in [-0.2, 0) is 4.79 Å². The number of alkyl halides is 2. The van der Waals surface area contributed by atoms with Gasteiger partial charge in [0.15, 0.2) is 0 Å². The van der Waals surface area contributed by atoms with Gasteiger partial charge in [-0.2, -0.15) is 0 Å². The molecule has 0 fully saturated rings. The fourth-order valence-electron chi connectivity index (χ4n) is 2.17. The van der Waals surface area contributed by atoms with E-state index in [0.717, 1.165) is 4.90 Å². The Morgan fingerprint density at radius 3 is 2.67 bits per heavy atom. The number of allylic oxidation sites excluding steroid dienone is 1. The van der Waals surface area contributed by atoms with E-state index in [1.165, 1.54) is 0 Å². The summed E-state index contributed by atoms with van der Waals surface area (Å²) in [5.74, 6) is 2.68. The Bertz CT molecular complexity index is 573. The molecule has 5 heteroatoms. The summed E-state index contributed by atoms with van der Waals surface area (Å²) >= 11 is 0. The molecular formula is C16H15F2NO2. The Morgan fingerprint density at radius 2 is 2.05 bits per heavy atom. The molecule has 0 aliphatic carbocycles. The predicted octanol–water partition coefficient (Wildman–Crippen LogP) is 2.93. The monoisotopic (exact) mass is 291 g/mol. The third-order valence-electron chi connectivity index (χ3n) is 3.08. The second-order valence-corrected chi connectivity index (χ2v) is 4.54. The number of benzene rings is 1. The van der Waals surface area contributed by atoms with Crippen molar-refractivity contribution in [1.82, 2.24) is 4.90 Å². The minimum Gasteiger partial charge on any atom is -0.481 e. The summed E-state index contributed by atoms with van der Waals surface area (Å²) in [7, 11) is 0. The van der Waals surface area contributed by atoms with E-state index in [1.54, 1.807) is 30.3 Å². The van der Waals surface area contributed by atoms with Crippen molar-refractivity contribution in [1.29, 1.82) is 0 Å². The van der Waals surface area contributed by atoms with Crippen LogP contribution in [0.5, 0.6) is 5.75 Å². The van der Waals surface area contributed by atoms with Crippen molar-refractivity contribution in [3.63, 3.8) is 0 Å². The second-order valence-electron chi connectivity index (χ2n) is 4.54. The number of ether oxygens (including phenoxy) is 1. The van der Waals surface area contributed by atoms with Crippen molar-refractivity contribution in [2.45, 2.75) is 19.3 Å². The molecule has 0 aromatic heterocycles. The maximum absolute atomic E-state index is 12.6. The van der Waals surface area contributed by atoms with E-state index >= 15 is 0 Å². The molecule has 1 aliphatic heterocycles. The molecule has 0 radical (unpaired) electrons. The normalized spacial score (nSPS) is 14.9. The van der Waals surface area contributed by atoms with Crippen LogP contribution in [0, 0.1) is 12.3 Å². The largest absolute Gasteiger partial charge is 0.481 e. The van der Waals surface area contributed by atoms with Gasteiger partial charge in [0, 0.05) is 12.1 Å². The van der Waals surface area contributed by atoms with Crippen LogP contribution in [0.25, 0.3) is 5.70 Å². The second kappa shape index (κ2) is 6.89. The molecule has 1 aliphatic rings. The molecule has 0 saturated heterocycles. The van der Waals surface area contributed by atoms with Crippen molar-refractivity contribution >= 4 is 11.6 Å². The molecule has 0 unspecified atom stereocenters. The zero-order valence-corrected chi connectivity index (χ0v) is 11.4. The molecule has 0 atom stereocenters. The first-order valence-corrected chi connectivity index (χ1v) is 6.57. The molecule has 1 amide bonds. The fourth-order valence-corrected chi connectivity index (χ4v) is 2.17. The SMILES string of the molecule is C#CCOc1ccc(C2=CCCC(=O)N2CC(F)F)cc1. The number of hydrogen-bond acceptors (Lipinski definition) is 2. The molecule has 0 saturated carbocycles. The Kier molecular flexibility index (Phi) is 4.94. The number of rotatable bonds is 5. The lowest BCUT2D eigenvalue weighted by molar-refractivity contribution is -0.129. The summed E-state index contributed by atoms with van der Waals surface area (Å²) in [6.45, 7) is -0.419. The van der Waals surface area contributed by atoms with Crippen LogP contribution < -0.4 is 4.74 Å². The van der Waals surface area contributed by atoms with E-state index in [4.69, 9.17) is 11.2 Å². The van der Waals surface area contributed by atoms with Gasteiger partial charge >= 0.3 is 0 Å². The molecular weight excluding hydrogens is 276 g/mol. The fraction of sp³-hybridized carbons (Fsp3) is 0.312. The number of amides is 1. The maximum Gasteiger partial charge on any atom is 0.256 e. The molecule has 21 heavy (non-hydrogen) atoms. The molecule has 0 bridgehead atoms. The molecule has 1 aromatic rings. The zero-order chi connectivity index (χ0) is 15.2. The van der Waals surface area contributed by atoms with Gasteiger partial charge in [-0.3, -0.25) is 4.79 Å². The highest BCUT2D eigenvalue weighted by atomic mass is 19.3. The van der Waals surface area contributed by atoms with Crippen LogP contribution in [-0.4, -0.2) is 30.4 Å². The Morgan fingerprint density at radius 1 is 1.33 bits per heavy atom. The van der Waals surface area contributed by atoms with E-state index in [9.17, 15) is 13.6 Å². The topological polar surface area (TPSA) is 29.5 Å². The minimum absolute atomic E-state index is 0.165. The van der Waals surface area contributed by atoms with Gasteiger partial charge in [0.05, 0.1) is 6.54 Å². The van der Waals surface area contributed by atoms with Crippen LogP contribution >= 0.6 is 0 Å². The molecule has 2 rings (SSSR count). The Hall–Kier alpha value is -2.35. The number of terminal acetylenes is 1. The standard InChI is InChI=1S/C16H15F2NO2/c1-2-10-21-13-8-6-12(7-9-13)14-4-3-5-16(20)19(14)11-15(17)18/h1,4,6-9,15H,3,5,10-11H2. The summed E-state index contributed by atoms with van der Waals surface area (Å²) in [5, 5.41) is 0. The molecule has 1 aromatic carbocycles. The highest BCUT2D eigenvalue weighted by molar-refractivity contribution is 5.89. The average Bonchev–Trinajstić information content (AvgIpc) is 2.47. The number of hydrogen-bond donors (Lipinski definition) is 0. The lowest BCUT2D eigenvalue weighted by Gasteiger charge is -2.28. The van der Waals surface area contributed by atoms with Gasteiger partial charge in [0.25, 0.3) is 6.43 Å². The summed E-state index contributed by atoms with van der Waals surface area (Å²) in [4.78, 5) is 13.0. The van der Waals surface area contributed by atoms with Crippen molar-refractivity contribution in [3.05, 3.63) is 35.9 Å². The Labute approximate surface area is 122 Å². The predicted molar refractivity (Wildman–Crippen MR) is 75.7 cm³/mol. The Balaban J connectivity index is 2.20. The van der Waals surface area contributed by atoms with Crippen LogP contribution in [0.1, 0.15) is 18.4 Å². The first-order chi connectivity index (χ1) is 10.1. The van der Waals surface area contributed by atoms with E-state index < -0.39 is 13.0 Å². The van der Waals surface area contributed by atoms with Crippen LogP contribution in [0.2, 0.25) is 0 Å². The molecule has 110 valence electrons. The van der Waals surface area contributed by atoms with E-state index in [-0.39, 0.29) is 18.9 Å². The van der Waals surface area contributed by atoms with Gasteiger partial charge in [-0.05, 0) is 36.2 Å². The molecule has 0 spiro atoms. The van der Waals surface area contributed by atoms with Gasteiger partial charge in [-0.15, -0.1) is 6.42 Å². The van der Waals surface area contributed by atoms with Gasteiger partial charge in [-0.25, -0.2) is 8.78 Å². The lowest BCUT2D eigenvalue weighted by Crippen LogP contribution is -2.35. The van der Waals surface area contributed by atoms with Gasteiger partial charge in [0.2, 0.25) is 5.91 Å². The third-order valence-corrected chi connectivity index (χ3v) is 3.08. The quantitative estimate of drug-likeness (QED) is 0.781. The van der Waals surface area contributed by atoms with Crippen molar-refractivity contribution in [2.75, 3.05) is 13.2 Å². The van der Waals surface area contributed by atoms with Gasteiger partial charge < -0.3 is 9.64 Å². The number of nitrogens with zero attached hydrogens (tertiary/aromatic N) is 1. The molecule has 3 nitrogen and oxygen atoms in total. The van der Waals surface area contributed by atoms with Gasteiger partial charge in [-0.1, -0.05) is 12.0 Å². The van der Waals surface area contributed by atoms with E-state index in [2.05, 4.69) is 5.92 Å². The maximum atomic E-state index is 12.6. The lowest BCUT2D eigenvalue weighted by atomic mass is 10.0. The smallest absolute Gasteiger partial charge is 0.256 e. The van der Waals surface area contributed by atoms with Crippen molar-refractivity contribution in [2.24, 2.45) is 0 Å². The highest BCUT2D eigenvalue weighted by Gasteiger charge is 2.25. The third kappa shape index (κ3) is 3.82. The summed E-state index contributed by atoms with van der Waals surface area (Å²) in [6.07, 6.45) is 5.17. The zero-order valence-electron chi connectivity index (χ0n) is 11.4. The minimum atomic E-state index is -2.56. The molecule has 0 N–H and O–H groups in total. The first kappa shape index (κ1) is 15.0. The van der Waals surface area contributed by atoms with E-state index in [1.807, 2.05) is 0 Å². The van der Waals surface area contributed by atoms with E-state index in [0.29, 0.717) is 23.4 Å².